The Morgan fingerprint density at radius 3 is 2.33 bits per heavy atom. The van der Waals surface area contributed by atoms with Crippen LogP contribution in [0.5, 0.6) is 0 Å². The summed E-state index contributed by atoms with van der Waals surface area (Å²) in [5.41, 5.74) is 2.63. The van der Waals surface area contributed by atoms with Gasteiger partial charge in [0.15, 0.2) is 0 Å². The van der Waals surface area contributed by atoms with Crippen LogP contribution in [0.25, 0.3) is 0 Å². The third kappa shape index (κ3) is 5.23. The van der Waals surface area contributed by atoms with Crippen LogP contribution in [0.15, 0.2) is 18.2 Å². The van der Waals surface area contributed by atoms with Crippen LogP contribution >= 0.6 is 23.2 Å². The number of hydrogen-bond acceptors (Lipinski definition) is 3. The Morgan fingerprint density at radius 2 is 1.83 bits per heavy atom. The van der Waals surface area contributed by atoms with Crippen molar-refractivity contribution in [1.29, 1.82) is 0 Å². The maximum Gasteiger partial charge on any atom is 0.240 e. The number of halogens is 2. The van der Waals surface area contributed by atoms with Crippen molar-refractivity contribution in [3.63, 3.8) is 0 Å². The number of carbonyl (C=O) groups excluding carboxylic acids is 1. The highest BCUT2D eigenvalue weighted by molar-refractivity contribution is 6.39. The highest BCUT2D eigenvalue weighted by Gasteiger charge is 2.13. The summed E-state index contributed by atoms with van der Waals surface area (Å²) < 4.78 is 0. The molecule has 1 aromatic carbocycles. The smallest absolute Gasteiger partial charge is 0.240 e. The summed E-state index contributed by atoms with van der Waals surface area (Å²) in [6.07, 6.45) is 0. The molecule has 100 valence electrons. The first kappa shape index (κ1) is 15.2. The third-order valence-electron chi connectivity index (χ3n) is 1.84. The second-order valence-corrected chi connectivity index (χ2v) is 5.49. The predicted octanol–water partition coefficient (Wildman–Crippen LogP) is 3.25. The van der Waals surface area contributed by atoms with Gasteiger partial charge in [0.2, 0.25) is 5.91 Å². The van der Waals surface area contributed by atoms with E-state index in [0.29, 0.717) is 15.7 Å². The van der Waals surface area contributed by atoms with Crippen LogP contribution in [0, 0.1) is 0 Å². The number of benzene rings is 1. The molecule has 18 heavy (non-hydrogen) atoms. The molecule has 0 fully saturated rings. The summed E-state index contributed by atoms with van der Waals surface area (Å²) in [5.74, 6) is -0.283. The molecule has 6 heteroatoms. The molecule has 0 spiro atoms. The van der Waals surface area contributed by atoms with E-state index in [-0.39, 0.29) is 18.1 Å². The van der Waals surface area contributed by atoms with E-state index >= 15 is 0 Å². The molecule has 0 unspecified atom stereocenters. The van der Waals surface area contributed by atoms with Crippen molar-refractivity contribution >= 4 is 34.8 Å². The molecule has 0 bridgehead atoms. The molecule has 0 aliphatic carbocycles. The fraction of sp³-hybridized carbons (Fsp3) is 0.417. The SMILES string of the molecule is CC(C)(C)ONCC(=O)Nc1c(Cl)cccc1Cl. The zero-order valence-electron chi connectivity index (χ0n) is 10.5. The van der Waals surface area contributed by atoms with Gasteiger partial charge in [-0.1, -0.05) is 29.3 Å². The Hall–Kier alpha value is -0.810. The van der Waals surface area contributed by atoms with Gasteiger partial charge < -0.3 is 5.32 Å². The van der Waals surface area contributed by atoms with Gasteiger partial charge in [0.05, 0.1) is 21.3 Å². The van der Waals surface area contributed by atoms with Crippen molar-refractivity contribution in [2.24, 2.45) is 0 Å². The fourth-order valence-electron chi connectivity index (χ4n) is 1.12. The molecule has 0 aliphatic rings. The van der Waals surface area contributed by atoms with E-state index in [9.17, 15) is 4.79 Å². The summed E-state index contributed by atoms with van der Waals surface area (Å²) >= 11 is 11.9. The van der Waals surface area contributed by atoms with Gasteiger partial charge in [-0.3, -0.25) is 9.63 Å². The van der Waals surface area contributed by atoms with Crippen LogP contribution in [0.4, 0.5) is 5.69 Å². The maximum absolute atomic E-state index is 11.6. The molecular formula is C12H16Cl2N2O2. The number of nitrogens with one attached hydrogen (secondary N) is 2. The lowest BCUT2D eigenvalue weighted by Crippen LogP contribution is -2.34. The van der Waals surface area contributed by atoms with Crippen molar-refractivity contribution in [1.82, 2.24) is 5.48 Å². The van der Waals surface area contributed by atoms with Crippen LogP contribution in [0.3, 0.4) is 0 Å². The summed E-state index contributed by atoms with van der Waals surface area (Å²) in [6, 6.07) is 5.02. The number of anilines is 1. The quantitative estimate of drug-likeness (QED) is 0.837. The van der Waals surface area contributed by atoms with Gasteiger partial charge in [-0.15, -0.1) is 0 Å². The lowest BCUT2D eigenvalue weighted by Gasteiger charge is -2.19. The summed E-state index contributed by atoms with van der Waals surface area (Å²) in [5, 5.41) is 3.41. The Balaban J connectivity index is 2.50. The first-order chi connectivity index (χ1) is 8.29. The summed E-state index contributed by atoms with van der Waals surface area (Å²) in [4.78, 5) is 16.9. The van der Waals surface area contributed by atoms with E-state index in [1.807, 2.05) is 20.8 Å². The van der Waals surface area contributed by atoms with E-state index in [4.69, 9.17) is 28.0 Å². The second-order valence-electron chi connectivity index (χ2n) is 4.68. The molecule has 0 aromatic heterocycles. The molecule has 0 atom stereocenters. The summed E-state index contributed by atoms with van der Waals surface area (Å²) in [7, 11) is 0. The number of para-hydroxylation sites is 1. The highest BCUT2D eigenvalue weighted by Crippen LogP contribution is 2.29. The normalized spacial score (nSPS) is 11.4. The molecule has 0 saturated carbocycles. The molecule has 2 N–H and O–H groups in total. The predicted molar refractivity (Wildman–Crippen MR) is 73.9 cm³/mol. The van der Waals surface area contributed by atoms with Crippen LogP contribution in [-0.2, 0) is 9.63 Å². The lowest BCUT2D eigenvalue weighted by atomic mass is 10.2. The number of hydroxylamine groups is 1. The average molecular weight is 291 g/mol. The van der Waals surface area contributed by atoms with E-state index in [1.54, 1.807) is 18.2 Å². The van der Waals surface area contributed by atoms with Crippen molar-refractivity contribution in [3.8, 4) is 0 Å². The Kier molecular flexibility index (Phi) is 5.41. The zero-order chi connectivity index (χ0) is 13.8. The average Bonchev–Trinajstić information content (AvgIpc) is 2.22. The Labute approximate surface area is 117 Å². The largest absolute Gasteiger partial charge is 0.322 e. The number of carbonyl (C=O) groups is 1. The molecule has 1 amide bonds. The first-order valence-corrected chi connectivity index (χ1v) is 6.20. The van der Waals surface area contributed by atoms with Gasteiger partial charge in [-0.05, 0) is 32.9 Å². The summed E-state index contributed by atoms with van der Waals surface area (Å²) in [6.45, 7) is 5.65. The molecule has 4 nitrogen and oxygen atoms in total. The van der Waals surface area contributed by atoms with Gasteiger partial charge in [0.1, 0.15) is 6.54 Å². The molecule has 1 aromatic rings. The van der Waals surface area contributed by atoms with Crippen LogP contribution < -0.4 is 10.8 Å². The number of rotatable bonds is 4. The van der Waals surface area contributed by atoms with Crippen molar-refractivity contribution < 1.29 is 9.63 Å². The monoisotopic (exact) mass is 290 g/mol. The minimum absolute atomic E-state index is 0.0127. The molecule has 0 aliphatic heterocycles. The lowest BCUT2D eigenvalue weighted by molar-refractivity contribution is -0.122. The number of amides is 1. The van der Waals surface area contributed by atoms with Crippen molar-refractivity contribution in [2.75, 3.05) is 11.9 Å². The van der Waals surface area contributed by atoms with E-state index in [1.165, 1.54) is 0 Å². The molecule has 0 saturated heterocycles. The maximum atomic E-state index is 11.6. The van der Waals surface area contributed by atoms with Gasteiger partial charge in [0.25, 0.3) is 0 Å². The minimum atomic E-state index is -0.359. The van der Waals surface area contributed by atoms with Gasteiger partial charge >= 0.3 is 0 Å². The van der Waals surface area contributed by atoms with Crippen molar-refractivity contribution in [2.45, 2.75) is 26.4 Å². The first-order valence-electron chi connectivity index (χ1n) is 5.44. The van der Waals surface area contributed by atoms with E-state index in [2.05, 4.69) is 10.8 Å². The van der Waals surface area contributed by atoms with E-state index in [0.717, 1.165) is 0 Å². The Morgan fingerprint density at radius 1 is 1.28 bits per heavy atom. The molecule has 0 heterocycles. The van der Waals surface area contributed by atoms with E-state index < -0.39 is 0 Å². The molecular weight excluding hydrogens is 275 g/mol. The van der Waals surface area contributed by atoms with Gasteiger partial charge in [0, 0.05) is 0 Å². The van der Waals surface area contributed by atoms with Crippen LogP contribution in [0.1, 0.15) is 20.8 Å². The van der Waals surface area contributed by atoms with Crippen molar-refractivity contribution in [3.05, 3.63) is 28.2 Å². The zero-order valence-corrected chi connectivity index (χ0v) is 12.0. The number of hydrogen-bond donors (Lipinski definition) is 2. The topological polar surface area (TPSA) is 50.4 Å². The fourth-order valence-corrected chi connectivity index (χ4v) is 1.61. The van der Waals surface area contributed by atoms with Crippen LogP contribution in [-0.4, -0.2) is 18.1 Å². The molecule has 0 radical (unpaired) electrons. The standard InChI is InChI=1S/C12H16Cl2N2O2/c1-12(2,3)18-15-7-10(17)16-11-8(13)5-4-6-9(11)14/h4-6,15H,7H2,1-3H3,(H,16,17). The molecule has 1 rings (SSSR count). The van der Waals surface area contributed by atoms with Crippen LogP contribution in [0.2, 0.25) is 10.0 Å². The van der Waals surface area contributed by atoms with Gasteiger partial charge in [-0.2, -0.15) is 5.48 Å². The van der Waals surface area contributed by atoms with Gasteiger partial charge in [-0.25, -0.2) is 0 Å². The third-order valence-corrected chi connectivity index (χ3v) is 2.47. The second kappa shape index (κ2) is 6.38. The Bertz CT molecular complexity index is 410. The minimum Gasteiger partial charge on any atom is -0.322 e. The highest BCUT2D eigenvalue weighted by atomic mass is 35.5.